The number of carboxylic acid groups (broad SMARTS) is 1. The number of halogens is 1. The van der Waals surface area contributed by atoms with Crippen LogP contribution in [0.15, 0.2) is 48.7 Å². The molecule has 0 spiro atoms. The summed E-state index contributed by atoms with van der Waals surface area (Å²) in [6, 6.07) is 8.63. The highest BCUT2D eigenvalue weighted by Crippen LogP contribution is 2.34. The number of para-hydroxylation sites is 1. The van der Waals surface area contributed by atoms with Crippen LogP contribution in [0.3, 0.4) is 0 Å². The van der Waals surface area contributed by atoms with Gasteiger partial charge in [0, 0.05) is 57.3 Å². The van der Waals surface area contributed by atoms with Gasteiger partial charge in [0.2, 0.25) is 17.7 Å². The minimum Gasteiger partial charge on any atom is -0.491 e. The molecule has 1 saturated heterocycles. The monoisotopic (exact) mass is 692 g/mol. The molecule has 2 aliphatic heterocycles. The fourth-order valence-electron chi connectivity index (χ4n) is 7.06. The number of H-pyrrole nitrogens is 1. The predicted molar refractivity (Wildman–Crippen MR) is 183 cm³/mol. The molecule has 268 valence electrons. The maximum Gasteiger partial charge on any atom is 0.407 e. The van der Waals surface area contributed by atoms with Crippen molar-refractivity contribution in [3.05, 3.63) is 65.6 Å². The molecule has 50 heavy (non-hydrogen) atoms. The summed E-state index contributed by atoms with van der Waals surface area (Å²) in [5.41, 5.74) is 1.18. The molecular formula is C36H45FN6O7. The Bertz CT molecular complexity index is 1770. The molecule has 1 fully saturated rings. The van der Waals surface area contributed by atoms with E-state index in [1.807, 2.05) is 51.2 Å². The van der Waals surface area contributed by atoms with Crippen LogP contribution in [-0.4, -0.2) is 124 Å². The number of nitrogens with one attached hydrogen (secondary N) is 2. The van der Waals surface area contributed by atoms with E-state index in [4.69, 9.17) is 4.74 Å². The number of rotatable bonds is 4. The number of aromatic nitrogens is 1. The molecular weight excluding hydrogens is 647 g/mol. The zero-order valence-corrected chi connectivity index (χ0v) is 29.1. The highest BCUT2D eigenvalue weighted by Gasteiger charge is 2.47. The first-order chi connectivity index (χ1) is 23.7. The maximum atomic E-state index is 14.7. The Balaban J connectivity index is 1.45. The van der Waals surface area contributed by atoms with Gasteiger partial charge in [-0.3, -0.25) is 19.2 Å². The molecule has 0 aliphatic carbocycles. The maximum absolute atomic E-state index is 14.7. The van der Waals surface area contributed by atoms with Crippen LogP contribution < -0.4 is 10.1 Å². The van der Waals surface area contributed by atoms with E-state index in [0.29, 0.717) is 6.42 Å². The van der Waals surface area contributed by atoms with Crippen molar-refractivity contribution in [3.63, 3.8) is 0 Å². The number of fused-ring (bicyclic) bond motifs is 3. The second kappa shape index (κ2) is 14.8. The number of hydrogen-bond acceptors (Lipinski definition) is 6. The second-order valence-electron chi connectivity index (χ2n) is 14.0. The van der Waals surface area contributed by atoms with Crippen LogP contribution in [0.25, 0.3) is 10.9 Å². The lowest BCUT2D eigenvalue weighted by Gasteiger charge is -2.51. The van der Waals surface area contributed by atoms with Crippen molar-refractivity contribution in [2.75, 3.05) is 46.9 Å². The van der Waals surface area contributed by atoms with Crippen LogP contribution in [-0.2, 0) is 20.8 Å². The Morgan fingerprint density at radius 3 is 2.52 bits per heavy atom. The van der Waals surface area contributed by atoms with Crippen molar-refractivity contribution in [2.45, 2.75) is 58.2 Å². The van der Waals surface area contributed by atoms with Gasteiger partial charge in [-0.25, -0.2) is 9.18 Å². The van der Waals surface area contributed by atoms with Gasteiger partial charge in [0.25, 0.3) is 5.91 Å². The van der Waals surface area contributed by atoms with E-state index < -0.39 is 59.1 Å². The fraction of sp³-hybridized carbons (Fsp3) is 0.472. The van der Waals surface area contributed by atoms with Crippen molar-refractivity contribution < 1.29 is 38.2 Å². The largest absolute Gasteiger partial charge is 0.491 e. The molecule has 3 aromatic rings. The van der Waals surface area contributed by atoms with Crippen molar-refractivity contribution >= 4 is 40.6 Å². The fourth-order valence-corrected chi connectivity index (χ4v) is 7.06. The van der Waals surface area contributed by atoms with E-state index in [-0.39, 0.29) is 56.9 Å². The molecule has 14 heteroatoms. The van der Waals surface area contributed by atoms with Gasteiger partial charge < -0.3 is 39.7 Å². The Hall–Kier alpha value is -5.14. The first kappa shape index (κ1) is 36.1. The highest BCUT2D eigenvalue weighted by molar-refractivity contribution is 5.99. The van der Waals surface area contributed by atoms with E-state index in [0.717, 1.165) is 28.6 Å². The molecule has 0 radical (unpaired) electrons. The van der Waals surface area contributed by atoms with Crippen LogP contribution in [0.5, 0.6) is 5.75 Å². The Morgan fingerprint density at radius 1 is 1.06 bits per heavy atom. The number of likely N-dealkylation sites (N-methyl/N-ethyl adjacent to an activating group) is 2. The van der Waals surface area contributed by atoms with Gasteiger partial charge in [-0.05, 0) is 48.1 Å². The number of piperazine rings is 1. The van der Waals surface area contributed by atoms with E-state index in [1.54, 1.807) is 0 Å². The second-order valence-corrected chi connectivity index (χ2v) is 14.0. The summed E-state index contributed by atoms with van der Waals surface area (Å²) in [7, 11) is 2.91. The first-order valence-corrected chi connectivity index (χ1v) is 16.7. The average Bonchev–Trinajstić information content (AvgIpc) is 3.48. The van der Waals surface area contributed by atoms with E-state index in [2.05, 4.69) is 10.3 Å². The molecule has 1 unspecified atom stereocenters. The summed E-state index contributed by atoms with van der Waals surface area (Å²) in [6.07, 6.45) is 1.03. The molecule has 3 atom stereocenters. The number of ether oxygens (including phenoxy) is 1. The van der Waals surface area contributed by atoms with Crippen LogP contribution in [0, 0.1) is 11.2 Å². The zero-order chi connectivity index (χ0) is 36.3. The normalized spacial score (nSPS) is 21.2. The number of aromatic amines is 1. The summed E-state index contributed by atoms with van der Waals surface area (Å²) in [5.74, 6) is -2.71. The number of carbonyl (C=O) groups excluding carboxylic acids is 4. The Labute approximate surface area is 290 Å². The molecule has 3 N–H and O–H groups in total. The molecule has 3 heterocycles. The minimum absolute atomic E-state index is 0.0114. The first-order valence-electron chi connectivity index (χ1n) is 16.7. The summed E-state index contributed by atoms with van der Waals surface area (Å²) < 4.78 is 20.9. The zero-order valence-electron chi connectivity index (χ0n) is 29.1. The van der Waals surface area contributed by atoms with Gasteiger partial charge >= 0.3 is 6.09 Å². The molecule has 13 nitrogen and oxygen atoms in total. The lowest BCUT2D eigenvalue weighted by Crippen LogP contribution is -2.68. The van der Waals surface area contributed by atoms with Crippen molar-refractivity contribution in [2.24, 2.45) is 5.41 Å². The van der Waals surface area contributed by atoms with Crippen LogP contribution in [0.1, 0.15) is 49.5 Å². The molecule has 5 amide bonds. The van der Waals surface area contributed by atoms with Crippen LogP contribution >= 0.6 is 0 Å². The molecule has 2 aliphatic rings. The number of carbonyl (C=O) groups is 5. The molecule has 0 bridgehead atoms. The van der Waals surface area contributed by atoms with Gasteiger partial charge in [0.05, 0.1) is 24.2 Å². The third kappa shape index (κ3) is 7.68. The third-order valence-corrected chi connectivity index (χ3v) is 9.61. The topological polar surface area (TPSA) is 156 Å². The van der Waals surface area contributed by atoms with Crippen molar-refractivity contribution in [1.82, 2.24) is 29.9 Å². The lowest BCUT2D eigenvalue weighted by atomic mass is 9.79. The van der Waals surface area contributed by atoms with Gasteiger partial charge in [-0.15, -0.1) is 0 Å². The standard InChI is InChI=1S/C36H45FN6O7/c1-36(2,3)32-28-21-50-29-12-10-23(37)18-25(29)34(47)41(5)27(33(46)38-15-14-22-19-39-26-9-7-6-8-24(22)26)11-13-30(44)40(4)20-31(45)42(28)16-17-43(32)35(48)49/h6-10,12,18-19,27-28,32,39H,11,13-17,20-21H2,1-5H3,(H,38,46)(H,48,49)/t27-,28+,32?/m1/s1. The molecule has 1 aromatic heterocycles. The van der Waals surface area contributed by atoms with Gasteiger partial charge in [0.1, 0.15) is 24.2 Å². The highest BCUT2D eigenvalue weighted by atomic mass is 19.1. The SMILES string of the molecule is CN1CC(=O)N2CCN(C(=O)O)C(C(C)(C)C)[C@@H]2COc2ccc(F)cc2C(=O)N(C)[C@@H](C(=O)NCCc2c[nH]c3ccccc23)CCC1=O. The summed E-state index contributed by atoms with van der Waals surface area (Å²) in [4.78, 5) is 75.7. The molecule has 2 aromatic carbocycles. The summed E-state index contributed by atoms with van der Waals surface area (Å²) in [5, 5.41) is 14.0. The quantitative estimate of drug-likeness (QED) is 0.379. The Kier molecular flexibility index (Phi) is 10.7. The third-order valence-electron chi connectivity index (χ3n) is 9.61. The molecule has 0 saturated carbocycles. The van der Waals surface area contributed by atoms with Gasteiger partial charge in [-0.1, -0.05) is 39.0 Å². The van der Waals surface area contributed by atoms with Crippen LogP contribution in [0.4, 0.5) is 9.18 Å². The summed E-state index contributed by atoms with van der Waals surface area (Å²) in [6.45, 7) is 5.46. The number of hydrogen-bond donors (Lipinski definition) is 3. The van der Waals surface area contributed by atoms with Crippen LogP contribution in [0.2, 0.25) is 0 Å². The number of nitrogens with zero attached hydrogens (tertiary/aromatic N) is 4. The van der Waals surface area contributed by atoms with E-state index in [1.165, 1.54) is 39.8 Å². The molecule has 5 rings (SSSR count). The Morgan fingerprint density at radius 2 is 1.80 bits per heavy atom. The van der Waals surface area contributed by atoms with E-state index in [9.17, 15) is 33.5 Å². The number of amides is 5. The van der Waals surface area contributed by atoms with Gasteiger partial charge in [-0.2, -0.15) is 0 Å². The van der Waals surface area contributed by atoms with Crippen molar-refractivity contribution in [3.8, 4) is 5.75 Å². The minimum atomic E-state index is -1.15. The lowest BCUT2D eigenvalue weighted by molar-refractivity contribution is -0.146. The van der Waals surface area contributed by atoms with Gasteiger partial charge in [0.15, 0.2) is 0 Å². The van der Waals surface area contributed by atoms with Crippen molar-refractivity contribution in [1.29, 1.82) is 0 Å². The summed E-state index contributed by atoms with van der Waals surface area (Å²) >= 11 is 0. The number of benzene rings is 2. The smallest absolute Gasteiger partial charge is 0.407 e. The predicted octanol–water partition coefficient (Wildman–Crippen LogP) is 3.34. The average molecular weight is 693 g/mol. The van der Waals surface area contributed by atoms with E-state index >= 15 is 0 Å².